The van der Waals surface area contributed by atoms with Crippen LogP contribution in [0.25, 0.3) is 0 Å². The highest BCUT2D eigenvalue weighted by atomic mass is 32.1. The Morgan fingerprint density at radius 2 is 2.16 bits per heavy atom. The molecule has 25 heavy (non-hydrogen) atoms. The first kappa shape index (κ1) is 18.0. The Morgan fingerprint density at radius 3 is 2.96 bits per heavy atom. The zero-order valence-electron chi connectivity index (χ0n) is 14.5. The van der Waals surface area contributed by atoms with Crippen molar-refractivity contribution in [3.63, 3.8) is 0 Å². The van der Waals surface area contributed by atoms with E-state index in [-0.39, 0.29) is 11.7 Å². The number of likely N-dealkylation sites (tertiary alicyclic amines) is 1. The Bertz CT molecular complexity index is 672. The number of carbonyl (C=O) groups is 1. The van der Waals surface area contributed by atoms with Crippen molar-refractivity contribution in [2.75, 3.05) is 19.6 Å². The summed E-state index contributed by atoms with van der Waals surface area (Å²) in [6.07, 6.45) is 3.38. The highest BCUT2D eigenvalue weighted by Crippen LogP contribution is 2.20. The highest BCUT2D eigenvalue weighted by molar-refractivity contribution is 7.09. The van der Waals surface area contributed by atoms with Crippen LogP contribution in [0.15, 0.2) is 41.8 Å². The van der Waals surface area contributed by atoms with Crippen molar-refractivity contribution >= 4 is 17.2 Å². The van der Waals surface area contributed by atoms with Gasteiger partial charge in [0, 0.05) is 30.9 Å². The zero-order chi connectivity index (χ0) is 17.5. The fourth-order valence-electron chi connectivity index (χ4n) is 3.40. The van der Waals surface area contributed by atoms with Gasteiger partial charge in [0.25, 0.3) is 0 Å². The molecule has 1 aliphatic heterocycles. The lowest BCUT2D eigenvalue weighted by molar-refractivity contribution is -0.121. The minimum absolute atomic E-state index is 0.0682. The maximum atomic E-state index is 12.1. The molecular weight excluding hydrogens is 332 g/mol. The van der Waals surface area contributed by atoms with E-state index in [1.54, 1.807) is 12.1 Å². The summed E-state index contributed by atoms with van der Waals surface area (Å²) in [5, 5.41) is 15.0. The van der Waals surface area contributed by atoms with E-state index in [4.69, 9.17) is 0 Å². The summed E-state index contributed by atoms with van der Waals surface area (Å²) >= 11 is 1.81. The topological polar surface area (TPSA) is 52.6 Å². The fraction of sp³-hybridized carbons (Fsp3) is 0.450. The lowest BCUT2D eigenvalue weighted by Crippen LogP contribution is -2.40. The molecule has 1 aromatic carbocycles. The normalized spacial score (nSPS) is 18.2. The van der Waals surface area contributed by atoms with Crippen LogP contribution in [0.3, 0.4) is 0 Å². The standard InChI is InChI=1S/C20H26N2O2S/c23-19-8-2-1-6-17(19)9-10-20(24)21-13-16-5-3-11-22(14-16)15-18-7-4-12-25-18/h1-2,4,6-8,12,16,23H,3,5,9-11,13-15H2,(H,21,24). The predicted molar refractivity (Wildman–Crippen MR) is 102 cm³/mol. The van der Waals surface area contributed by atoms with Crippen LogP contribution in [-0.2, 0) is 17.8 Å². The van der Waals surface area contributed by atoms with E-state index >= 15 is 0 Å². The number of hydrogen-bond acceptors (Lipinski definition) is 4. The number of amides is 1. The SMILES string of the molecule is O=C(CCc1ccccc1O)NCC1CCCN(Cc2cccs2)C1. The lowest BCUT2D eigenvalue weighted by Gasteiger charge is -2.32. The zero-order valence-corrected chi connectivity index (χ0v) is 15.3. The fourth-order valence-corrected chi connectivity index (χ4v) is 4.15. The quantitative estimate of drug-likeness (QED) is 0.797. The number of rotatable bonds is 7. The third-order valence-electron chi connectivity index (χ3n) is 4.76. The molecule has 134 valence electrons. The molecule has 1 amide bonds. The molecule has 1 aliphatic rings. The summed E-state index contributed by atoms with van der Waals surface area (Å²) in [7, 11) is 0. The molecule has 0 saturated carbocycles. The number of aromatic hydroxyl groups is 1. The van der Waals surface area contributed by atoms with Gasteiger partial charge in [0.05, 0.1) is 0 Å². The van der Waals surface area contributed by atoms with E-state index in [0.717, 1.165) is 31.7 Å². The van der Waals surface area contributed by atoms with Gasteiger partial charge in [0.1, 0.15) is 5.75 Å². The van der Waals surface area contributed by atoms with Crippen LogP contribution in [-0.4, -0.2) is 35.5 Å². The number of aryl methyl sites for hydroxylation is 1. The first-order valence-corrected chi connectivity index (χ1v) is 9.87. The van der Waals surface area contributed by atoms with Crippen LogP contribution in [0.4, 0.5) is 0 Å². The predicted octanol–water partition coefficient (Wildman–Crippen LogP) is 3.41. The van der Waals surface area contributed by atoms with Crippen molar-refractivity contribution in [2.45, 2.75) is 32.2 Å². The summed E-state index contributed by atoms with van der Waals surface area (Å²) in [5.41, 5.74) is 0.831. The van der Waals surface area contributed by atoms with Crippen molar-refractivity contribution in [2.24, 2.45) is 5.92 Å². The summed E-state index contributed by atoms with van der Waals surface area (Å²) in [6, 6.07) is 11.5. The van der Waals surface area contributed by atoms with Crippen LogP contribution >= 0.6 is 11.3 Å². The summed E-state index contributed by atoms with van der Waals surface area (Å²) in [4.78, 5) is 16.0. The maximum absolute atomic E-state index is 12.1. The molecule has 1 aromatic heterocycles. The van der Waals surface area contributed by atoms with Crippen LogP contribution in [0.5, 0.6) is 5.75 Å². The van der Waals surface area contributed by atoms with Crippen molar-refractivity contribution in [3.05, 3.63) is 52.2 Å². The van der Waals surface area contributed by atoms with E-state index in [1.165, 1.54) is 17.7 Å². The number of benzene rings is 1. The lowest BCUT2D eigenvalue weighted by atomic mass is 9.98. The average Bonchev–Trinajstić information content (AvgIpc) is 3.12. The van der Waals surface area contributed by atoms with E-state index in [1.807, 2.05) is 23.5 Å². The van der Waals surface area contributed by atoms with Crippen LogP contribution in [0.2, 0.25) is 0 Å². The molecule has 2 N–H and O–H groups in total. The van der Waals surface area contributed by atoms with Crippen molar-refractivity contribution < 1.29 is 9.90 Å². The molecule has 0 bridgehead atoms. The third kappa shape index (κ3) is 5.58. The van der Waals surface area contributed by atoms with E-state index < -0.39 is 0 Å². The molecule has 0 aliphatic carbocycles. The Kier molecular flexibility index (Phi) is 6.48. The molecule has 2 heterocycles. The number of carbonyl (C=O) groups excluding carboxylic acids is 1. The number of piperidine rings is 1. The number of phenolic OH excluding ortho intramolecular Hbond substituents is 1. The minimum Gasteiger partial charge on any atom is -0.508 e. The van der Waals surface area contributed by atoms with Gasteiger partial charge in [-0.3, -0.25) is 9.69 Å². The largest absolute Gasteiger partial charge is 0.508 e. The van der Waals surface area contributed by atoms with Crippen molar-refractivity contribution in [1.29, 1.82) is 0 Å². The first-order valence-electron chi connectivity index (χ1n) is 8.99. The molecule has 1 atom stereocenters. The van der Waals surface area contributed by atoms with Crippen LogP contribution in [0.1, 0.15) is 29.7 Å². The van der Waals surface area contributed by atoms with Crippen LogP contribution < -0.4 is 5.32 Å². The highest BCUT2D eigenvalue weighted by Gasteiger charge is 2.20. The van der Waals surface area contributed by atoms with E-state index in [0.29, 0.717) is 18.8 Å². The second kappa shape index (κ2) is 9.02. The van der Waals surface area contributed by atoms with Gasteiger partial charge in [-0.15, -0.1) is 11.3 Å². The third-order valence-corrected chi connectivity index (χ3v) is 5.62. The van der Waals surface area contributed by atoms with Gasteiger partial charge in [-0.2, -0.15) is 0 Å². The molecule has 1 unspecified atom stereocenters. The smallest absolute Gasteiger partial charge is 0.220 e. The van der Waals surface area contributed by atoms with Gasteiger partial charge in [-0.05, 0) is 54.8 Å². The monoisotopic (exact) mass is 358 g/mol. The minimum atomic E-state index is 0.0682. The molecule has 0 radical (unpaired) electrons. The Hall–Kier alpha value is -1.85. The number of nitrogens with one attached hydrogen (secondary N) is 1. The summed E-state index contributed by atoms with van der Waals surface area (Å²) < 4.78 is 0. The molecule has 1 saturated heterocycles. The second-order valence-electron chi connectivity index (χ2n) is 6.76. The van der Waals surface area contributed by atoms with E-state index in [2.05, 4.69) is 27.7 Å². The molecule has 0 spiro atoms. The number of thiophene rings is 1. The Balaban J connectivity index is 1.38. The van der Waals surface area contributed by atoms with Gasteiger partial charge in [0.2, 0.25) is 5.91 Å². The Labute approximate surface area is 153 Å². The van der Waals surface area contributed by atoms with Gasteiger partial charge >= 0.3 is 0 Å². The van der Waals surface area contributed by atoms with E-state index in [9.17, 15) is 9.90 Å². The van der Waals surface area contributed by atoms with Crippen molar-refractivity contribution in [3.8, 4) is 5.75 Å². The molecule has 5 heteroatoms. The summed E-state index contributed by atoms with van der Waals surface area (Å²) in [6.45, 7) is 3.98. The van der Waals surface area contributed by atoms with Gasteiger partial charge in [-0.1, -0.05) is 24.3 Å². The van der Waals surface area contributed by atoms with Gasteiger partial charge in [0.15, 0.2) is 0 Å². The molecule has 1 fully saturated rings. The second-order valence-corrected chi connectivity index (χ2v) is 7.79. The summed E-state index contributed by atoms with van der Waals surface area (Å²) in [5.74, 6) is 0.869. The molecule has 3 rings (SSSR count). The first-order chi connectivity index (χ1) is 12.2. The maximum Gasteiger partial charge on any atom is 0.220 e. The molecule has 4 nitrogen and oxygen atoms in total. The molecule has 2 aromatic rings. The van der Waals surface area contributed by atoms with Crippen molar-refractivity contribution in [1.82, 2.24) is 10.2 Å². The molecular formula is C20H26N2O2S. The number of phenols is 1. The van der Waals surface area contributed by atoms with Gasteiger partial charge in [-0.25, -0.2) is 0 Å². The number of nitrogens with zero attached hydrogens (tertiary/aromatic N) is 1. The number of para-hydroxylation sites is 1. The number of hydrogen-bond donors (Lipinski definition) is 2. The van der Waals surface area contributed by atoms with Gasteiger partial charge < -0.3 is 10.4 Å². The van der Waals surface area contributed by atoms with Crippen LogP contribution in [0, 0.1) is 5.92 Å². The Morgan fingerprint density at radius 1 is 1.28 bits per heavy atom. The average molecular weight is 359 g/mol.